The number of hydrazine groups is 1. The van der Waals surface area contributed by atoms with Gasteiger partial charge in [-0.2, -0.15) is 13.2 Å². The van der Waals surface area contributed by atoms with Crippen LogP contribution in [0.1, 0.15) is 28.1 Å². The summed E-state index contributed by atoms with van der Waals surface area (Å²) >= 11 is 6.80. The van der Waals surface area contributed by atoms with E-state index in [9.17, 15) is 27.6 Å². The Bertz CT molecular complexity index is 909. The van der Waals surface area contributed by atoms with Gasteiger partial charge in [-0.25, -0.2) is 0 Å². The zero-order valence-corrected chi connectivity index (χ0v) is 14.4. The number of hydrogen-bond acceptors (Lipinski definition) is 4. The molecule has 3 N–H and O–H groups in total. The molecule has 0 bridgehead atoms. The largest absolute Gasteiger partial charge is 0.416 e. The average Bonchev–Trinajstić information content (AvgIpc) is 3.33. The van der Waals surface area contributed by atoms with Crippen molar-refractivity contribution in [2.24, 2.45) is 0 Å². The van der Waals surface area contributed by atoms with Gasteiger partial charge >= 0.3 is 18.0 Å². The summed E-state index contributed by atoms with van der Waals surface area (Å²) in [5.74, 6) is -2.77. The van der Waals surface area contributed by atoms with Gasteiger partial charge in [0, 0.05) is 16.1 Å². The number of carbonyl (C=O) groups excluding carboxylic acids is 3. The molecule has 6 nitrogen and oxygen atoms in total. The third-order valence-electron chi connectivity index (χ3n) is 3.57. The lowest BCUT2D eigenvalue weighted by Crippen LogP contribution is -2.48. The normalized spacial score (nSPS) is 14.2. The van der Waals surface area contributed by atoms with Crippen molar-refractivity contribution in [2.75, 3.05) is 0 Å². The zero-order valence-electron chi connectivity index (χ0n) is 12.9. The van der Waals surface area contributed by atoms with Crippen molar-refractivity contribution in [3.8, 4) is 0 Å². The van der Waals surface area contributed by atoms with Crippen molar-refractivity contribution in [3.05, 3.63) is 33.7 Å². The summed E-state index contributed by atoms with van der Waals surface area (Å²) in [6.07, 6.45) is -2.93. The van der Waals surface area contributed by atoms with E-state index in [1.54, 1.807) is 0 Å². The Balaban J connectivity index is 1.72. The topological polar surface area (TPSA) is 87.3 Å². The molecule has 1 aliphatic carbocycles. The van der Waals surface area contributed by atoms with Crippen LogP contribution in [0.2, 0.25) is 5.02 Å². The molecule has 1 aromatic carbocycles. The first-order valence-electron chi connectivity index (χ1n) is 7.37. The lowest BCUT2D eigenvalue weighted by Gasteiger charge is -2.06. The minimum Gasteiger partial charge on any atom is -0.345 e. The van der Waals surface area contributed by atoms with Crippen LogP contribution in [0.15, 0.2) is 18.2 Å². The number of nitrogens with one attached hydrogen (secondary N) is 3. The number of carbonyl (C=O) groups is 3. The Morgan fingerprint density at radius 1 is 1.12 bits per heavy atom. The average molecular weight is 406 g/mol. The summed E-state index contributed by atoms with van der Waals surface area (Å²) in [7, 11) is 0. The van der Waals surface area contributed by atoms with Crippen LogP contribution < -0.4 is 16.2 Å². The van der Waals surface area contributed by atoms with E-state index in [0.717, 1.165) is 36.3 Å². The number of rotatable bonds is 2. The monoisotopic (exact) mass is 405 g/mol. The van der Waals surface area contributed by atoms with Crippen LogP contribution in [-0.2, 0) is 15.8 Å². The van der Waals surface area contributed by atoms with E-state index in [1.807, 2.05) is 10.9 Å². The molecule has 0 saturated heterocycles. The summed E-state index contributed by atoms with van der Waals surface area (Å²) < 4.78 is 38.5. The highest BCUT2D eigenvalue weighted by Crippen LogP contribution is 2.39. The quantitative estimate of drug-likeness (QED) is 0.530. The molecule has 0 unspecified atom stereocenters. The molecular weight excluding hydrogens is 395 g/mol. The van der Waals surface area contributed by atoms with E-state index >= 15 is 0 Å². The number of thiophene rings is 1. The molecule has 0 atom stereocenters. The third kappa shape index (κ3) is 3.91. The molecule has 2 aromatic rings. The summed E-state index contributed by atoms with van der Waals surface area (Å²) in [4.78, 5) is 35.1. The second-order valence-corrected chi connectivity index (χ2v) is 7.04. The molecule has 26 heavy (non-hydrogen) atoms. The van der Waals surface area contributed by atoms with Crippen LogP contribution in [-0.4, -0.2) is 23.8 Å². The molecule has 0 radical (unpaired) electrons. The Morgan fingerprint density at radius 2 is 1.81 bits per heavy atom. The lowest BCUT2D eigenvalue weighted by atomic mass is 10.1. The number of amides is 3. The molecule has 0 spiro atoms. The highest BCUT2D eigenvalue weighted by atomic mass is 35.5. The highest BCUT2D eigenvalue weighted by Gasteiger charge is 2.31. The minimum absolute atomic E-state index is 0.0242. The van der Waals surface area contributed by atoms with Crippen molar-refractivity contribution in [1.82, 2.24) is 16.2 Å². The van der Waals surface area contributed by atoms with Crippen molar-refractivity contribution in [3.63, 3.8) is 0 Å². The summed E-state index contributed by atoms with van der Waals surface area (Å²) in [6, 6.07) is 2.91. The number of fused-ring (bicyclic) bond motifs is 1. The first-order chi connectivity index (χ1) is 12.2. The van der Waals surface area contributed by atoms with Gasteiger partial charge in [0.1, 0.15) is 4.88 Å². The third-order valence-corrected chi connectivity index (χ3v) is 5.23. The zero-order chi connectivity index (χ0) is 19.1. The maximum absolute atomic E-state index is 12.8. The number of benzene rings is 1. The van der Waals surface area contributed by atoms with Gasteiger partial charge in [0.05, 0.1) is 10.6 Å². The van der Waals surface area contributed by atoms with E-state index in [-0.39, 0.29) is 26.0 Å². The molecule has 11 heteroatoms. The summed E-state index contributed by atoms with van der Waals surface area (Å²) in [5, 5.41) is 2.69. The number of alkyl halides is 3. The Kier molecular flexibility index (Phi) is 4.80. The van der Waals surface area contributed by atoms with Crippen molar-refractivity contribution in [1.29, 1.82) is 0 Å². The van der Waals surface area contributed by atoms with Crippen molar-refractivity contribution < 1.29 is 27.6 Å². The van der Waals surface area contributed by atoms with Crippen LogP contribution in [0.25, 0.3) is 10.1 Å². The van der Waals surface area contributed by atoms with Crippen molar-refractivity contribution in [2.45, 2.75) is 25.1 Å². The molecule has 138 valence electrons. The molecule has 3 rings (SSSR count). The van der Waals surface area contributed by atoms with Crippen LogP contribution in [0.5, 0.6) is 0 Å². The number of hydrogen-bond donors (Lipinski definition) is 3. The van der Waals surface area contributed by atoms with Crippen LogP contribution in [0.3, 0.4) is 0 Å². The van der Waals surface area contributed by atoms with Crippen LogP contribution in [0.4, 0.5) is 13.2 Å². The van der Waals surface area contributed by atoms with Crippen LogP contribution in [0, 0.1) is 0 Å². The van der Waals surface area contributed by atoms with Gasteiger partial charge in [0.25, 0.3) is 5.91 Å². The predicted molar refractivity (Wildman–Crippen MR) is 88.6 cm³/mol. The minimum atomic E-state index is -4.52. The van der Waals surface area contributed by atoms with Gasteiger partial charge in [-0.1, -0.05) is 17.7 Å². The maximum atomic E-state index is 12.8. The van der Waals surface area contributed by atoms with Gasteiger partial charge in [-0.05, 0) is 25.0 Å². The van der Waals surface area contributed by atoms with Gasteiger partial charge in [0.15, 0.2) is 0 Å². The van der Waals surface area contributed by atoms with Crippen molar-refractivity contribution >= 4 is 50.7 Å². The fourth-order valence-electron chi connectivity index (χ4n) is 2.09. The Hall–Kier alpha value is -2.33. The fraction of sp³-hybridized carbons (Fsp3) is 0.267. The summed E-state index contributed by atoms with van der Waals surface area (Å²) in [6.45, 7) is 0. The molecule has 1 aromatic heterocycles. The second kappa shape index (κ2) is 6.76. The highest BCUT2D eigenvalue weighted by molar-refractivity contribution is 7.21. The second-order valence-electron chi connectivity index (χ2n) is 5.61. The first-order valence-corrected chi connectivity index (χ1v) is 8.56. The van der Waals surface area contributed by atoms with E-state index in [2.05, 4.69) is 5.32 Å². The molecular formula is C15H11ClF3N3O3S. The van der Waals surface area contributed by atoms with Crippen LogP contribution >= 0.6 is 22.9 Å². The Morgan fingerprint density at radius 3 is 2.42 bits per heavy atom. The van der Waals surface area contributed by atoms with Gasteiger partial charge in [0.2, 0.25) is 0 Å². The Labute approximate surface area is 153 Å². The summed E-state index contributed by atoms with van der Waals surface area (Å²) in [5.41, 5.74) is 3.10. The molecule has 3 amide bonds. The van der Waals surface area contributed by atoms with Gasteiger partial charge in [-0.15, -0.1) is 11.3 Å². The molecule has 1 aliphatic rings. The maximum Gasteiger partial charge on any atom is 0.416 e. The first kappa shape index (κ1) is 18.5. The number of halogens is 4. The van der Waals surface area contributed by atoms with E-state index < -0.39 is 29.5 Å². The van der Waals surface area contributed by atoms with Gasteiger partial charge in [-0.3, -0.25) is 25.2 Å². The fourth-order valence-corrected chi connectivity index (χ4v) is 3.54. The van der Waals surface area contributed by atoms with Gasteiger partial charge < -0.3 is 5.32 Å². The SMILES string of the molecule is O=C(NNC(=O)c1sc2cc(C(F)(F)F)ccc2c1Cl)C(=O)NC1CC1. The van der Waals surface area contributed by atoms with E-state index in [0.29, 0.717) is 0 Å². The molecule has 1 heterocycles. The van der Waals surface area contributed by atoms with E-state index in [1.165, 1.54) is 6.07 Å². The van der Waals surface area contributed by atoms with E-state index in [4.69, 9.17) is 11.6 Å². The lowest BCUT2D eigenvalue weighted by molar-refractivity contribution is -0.139. The smallest absolute Gasteiger partial charge is 0.345 e. The molecule has 1 saturated carbocycles. The molecule has 1 fully saturated rings. The standard InChI is InChI=1S/C15H11ClF3N3O3S/c16-10-8-4-1-6(15(17,18)19)5-9(8)26-11(10)12(23)21-22-14(25)13(24)20-7-2-3-7/h1,4-5,7H,2-3H2,(H,20,24)(H,21,23)(H,22,25). The predicted octanol–water partition coefficient (Wildman–Crippen LogP) is 2.61. The molecule has 0 aliphatic heterocycles.